The van der Waals surface area contributed by atoms with Crippen molar-refractivity contribution in [3.8, 4) is 0 Å². The Morgan fingerprint density at radius 3 is 2.50 bits per heavy atom. The van der Waals surface area contributed by atoms with E-state index in [1.807, 2.05) is 0 Å². The summed E-state index contributed by atoms with van der Waals surface area (Å²) in [5, 5.41) is 3.16. The first kappa shape index (κ1) is 22.9. The summed E-state index contributed by atoms with van der Waals surface area (Å²) in [7, 11) is 0. The molecule has 5 rings (SSSR count). The summed E-state index contributed by atoms with van der Waals surface area (Å²) in [4.78, 5) is 29.3. The van der Waals surface area contributed by atoms with Crippen LogP contribution in [0.25, 0.3) is 0 Å². The van der Waals surface area contributed by atoms with Crippen LogP contribution in [0.15, 0.2) is 42.7 Å². The zero-order chi connectivity index (χ0) is 23.9. The molecular weight excluding hydrogens is 445 g/mol. The number of nitrogens with one attached hydrogen (secondary N) is 1. The highest BCUT2D eigenvalue weighted by Crippen LogP contribution is 2.48. The minimum absolute atomic E-state index is 0.0214. The molecule has 1 spiro atoms. The SMILES string of the molecule is O=C1OC2(CCC(C(=O)NC3CCC(c4cccc(C(F)(F)F)c4)CC3)CC2)c2cnccc21. The average molecular weight is 473 g/mol. The monoisotopic (exact) mass is 472 g/mol. The molecule has 0 radical (unpaired) electrons. The first-order valence-electron chi connectivity index (χ1n) is 11.9. The molecule has 2 fully saturated rings. The number of carbonyl (C=O) groups is 2. The lowest BCUT2D eigenvalue weighted by Gasteiger charge is -2.37. The predicted molar refractivity (Wildman–Crippen MR) is 118 cm³/mol. The lowest BCUT2D eigenvalue weighted by Crippen LogP contribution is -2.43. The Hall–Kier alpha value is -2.90. The van der Waals surface area contributed by atoms with E-state index >= 15 is 0 Å². The fourth-order valence-electron chi connectivity index (χ4n) is 5.80. The van der Waals surface area contributed by atoms with Crippen LogP contribution in [0.2, 0.25) is 0 Å². The number of benzene rings is 1. The van der Waals surface area contributed by atoms with E-state index in [1.54, 1.807) is 24.5 Å². The Balaban J connectivity index is 1.14. The third-order valence-corrected chi connectivity index (χ3v) is 7.74. The van der Waals surface area contributed by atoms with Crippen molar-refractivity contribution in [2.75, 3.05) is 0 Å². The van der Waals surface area contributed by atoms with E-state index in [2.05, 4.69) is 10.3 Å². The van der Waals surface area contributed by atoms with Crippen LogP contribution in [-0.4, -0.2) is 22.9 Å². The van der Waals surface area contributed by atoms with Gasteiger partial charge in [-0.2, -0.15) is 13.2 Å². The van der Waals surface area contributed by atoms with Gasteiger partial charge >= 0.3 is 12.1 Å². The fraction of sp³-hybridized carbons (Fsp3) is 0.500. The summed E-state index contributed by atoms with van der Waals surface area (Å²) in [5.74, 6) is -0.354. The summed E-state index contributed by atoms with van der Waals surface area (Å²) < 4.78 is 44.8. The lowest BCUT2D eigenvalue weighted by molar-refractivity contribution is -0.137. The van der Waals surface area contributed by atoms with E-state index in [0.29, 0.717) is 31.2 Å². The van der Waals surface area contributed by atoms with Crippen LogP contribution in [0.1, 0.15) is 84.3 Å². The number of hydrogen-bond donors (Lipinski definition) is 1. The van der Waals surface area contributed by atoms with Gasteiger partial charge in [0.2, 0.25) is 5.91 Å². The van der Waals surface area contributed by atoms with Gasteiger partial charge in [0.25, 0.3) is 0 Å². The molecule has 1 aliphatic heterocycles. The Morgan fingerprint density at radius 2 is 1.79 bits per heavy atom. The van der Waals surface area contributed by atoms with Crippen molar-refractivity contribution in [2.45, 2.75) is 75.1 Å². The Bertz CT molecular complexity index is 1080. The first-order valence-corrected chi connectivity index (χ1v) is 11.9. The molecule has 0 unspecified atom stereocenters. The van der Waals surface area contributed by atoms with Gasteiger partial charge in [-0.05, 0) is 75.0 Å². The molecule has 34 heavy (non-hydrogen) atoms. The number of hydrogen-bond acceptors (Lipinski definition) is 4. The highest BCUT2D eigenvalue weighted by molar-refractivity contribution is 5.94. The van der Waals surface area contributed by atoms with Gasteiger partial charge in [-0.25, -0.2) is 4.79 Å². The van der Waals surface area contributed by atoms with Crippen LogP contribution in [-0.2, 0) is 21.3 Å². The second-order valence-electron chi connectivity index (χ2n) is 9.76. The van der Waals surface area contributed by atoms with Crippen molar-refractivity contribution in [2.24, 2.45) is 5.92 Å². The molecule has 1 amide bonds. The van der Waals surface area contributed by atoms with Crippen LogP contribution in [0.4, 0.5) is 13.2 Å². The molecule has 2 saturated carbocycles. The molecule has 1 aromatic carbocycles. The van der Waals surface area contributed by atoms with Crippen molar-refractivity contribution >= 4 is 11.9 Å². The van der Waals surface area contributed by atoms with Gasteiger partial charge in [0.05, 0.1) is 11.1 Å². The Kier molecular flexibility index (Phi) is 5.86. The maximum absolute atomic E-state index is 13.0. The number of nitrogens with zero attached hydrogens (tertiary/aromatic N) is 1. The van der Waals surface area contributed by atoms with Crippen molar-refractivity contribution in [3.05, 3.63) is 65.0 Å². The Morgan fingerprint density at radius 1 is 1.06 bits per heavy atom. The Labute approximate surface area is 196 Å². The molecule has 3 aliphatic rings. The van der Waals surface area contributed by atoms with Gasteiger partial charge in [-0.15, -0.1) is 0 Å². The molecule has 0 saturated heterocycles. The van der Waals surface area contributed by atoms with Crippen LogP contribution in [0.3, 0.4) is 0 Å². The van der Waals surface area contributed by atoms with Crippen molar-refractivity contribution in [3.63, 3.8) is 0 Å². The van der Waals surface area contributed by atoms with E-state index in [-0.39, 0.29) is 29.8 Å². The van der Waals surface area contributed by atoms with Gasteiger partial charge in [0.15, 0.2) is 0 Å². The molecule has 180 valence electrons. The summed E-state index contributed by atoms with van der Waals surface area (Å²) in [6.07, 6.45) is 4.40. The van der Waals surface area contributed by atoms with Crippen molar-refractivity contribution in [1.82, 2.24) is 10.3 Å². The predicted octanol–water partition coefficient (Wildman–Crippen LogP) is 5.50. The van der Waals surface area contributed by atoms with Crippen LogP contribution >= 0.6 is 0 Å². The van der Waals surface area contributed by atoms with Crippen molar-refractivity contribution in [1.29, 1.82) is 0 Å². The van der Waals surface area contributed by atoms with E-state index in [4.69, 9.17) is 4.74 Å². The number of ether oxygens (including phenoxy) is 1. The normalized spacial score (nSPS) is 28.9. The van der Waals surface area contributed by atoms with Crippen LogP contribution in [0.5, 0.6) is 0 Å². The van der Waals surface area contributed by atoms with E-state index in [0.717, 1.165) is 42.9 Å². The molecule has 2 heterocycles. The molecule has 5 nitrogen and oxygen atoms in total. The highest BCUT2D eigenvalue weighted by atomic mass is 19.4. The highest BCUT2D eigenvalue weighted by Gasteiger charge is 2.48. The summed E-state index contributed by atoms with van der Waals surface area (Å²) >= 11 is 0. The quantitative estimate of drug-likeness (QED) is 0.599. The van der Waals surface area contributed by atoms with Gasteiger partial charge in [0, 0.05) is 29.9 Å². The van der Waals surface area contributed by atoms with Crippen LogP contribution in [0, 0.1) is 5.92 Å². The zero-order valence-corrected chi connectivity index (χ0v) is 18.7. The molecule has 2 aromatic rings. The number of halogens is 3. The number of esters is 1. The third kappa shape index (κ3) is 4.30. The topological polar surface area (TPSA) is 68.3 Å². The minimum Gasteiger partial charge on any atom is -0.450 e. The maximum Gasteiger partial charge on any atom is 0.416 e. The summed E-state index contributed by atoms with van der Waals surface area (Å²) in [6, 6.07) is 7.31. The number of rotatable bonds is 3. The van der Waals surface area contributed by atoms with E-state index in [1.165, 1.54) is 12.1 Å². The number of pyridine rings is 1. The van der Waals surface area contributed by atoms with E-state index in [9.17, 15) is 22.8 Å². The molecule has 2 aliphatic carbocycles. The first-order chi connectivity index (χ1) is 16.2. The third-order valence-electron chi connectivity index (χ3n) is 7.74. The van der Waals surface area contributed by atoms with Gasteiger partial charge in [-0.1, -0.05) is 18.2 Å². The van der Waals surface area contributed by atoms with Crippen molar-refractivity contribution < 1.29 is 27.5 Å². The maximum atomic E-state index is 13.0. The smallest absolute Gasteiger partial charge is 0.416 e. The van der Waals surface area contributed by atoms with Gasteiger partial charge < -0.3 is 10.1 Å². The van der Waals surface area contributed by atoms with Gasteiger partial charge in [-0.3, -0.25) is 9.78 Å². The second kappa shape index (κ2) is 8.71. The molecule has 8 heteroatoms. The zero-order valence-electron chi connectivity index (χ0n) is 18.7. The largest absolute Gasteiger partial charge is 0.450 e. The molecule has 0 bridgehead atoms. The molecule has 0 atom stereocenters. The van der Waals surface area contributed by atoms with Crippen LogP contribution < -0.4 is 5.32 Å². The summed E-state index contributed by atoms with van der Waals surface area (Å²) in [5.41, 5.74) is 0.836. The number of amides is 1. The second-order valence-corrected chi connectivity index (χ2v) is 9.76. The standard InChI is InChI=1S/C26H27F3N2O3/c27-26(28,29)19-3-1-2-18(14-19)16-4-6-20(7-5-16)31-23(32)17-8-11-25(12-9-17)22-15-30-13-10-21(22)24(33)34-25/h1-3,10,13-17,20H,4-9,11-12H2,(H,31,32). The summed E-state index contributed by atoms with van der Waals surface area (Å²) in [6.45, 7) is 0. The van der Waals surface area contributed by atoms with E-state index < -0.39 is 17.3 Å². The number of carbonyl (C=O) groups excluding carboxylic acids is 2. The number of aromatic nitrogens is 1. The molecule has 1 N–H and O–H groups in total. The number of alkyl halides is 3. The molecule has 1 aromatic heterocycles. The average Bonchev–Trinajstić information content (AvgIpc) is 3.11. The minimum atomic E-state index is -4.34. The van der Waals surface area contributed by atoms with Gasteiger partial charge in [0.1, 0.15) is 5.60 Å². The number of fused-ring (bicyclic) bond motifs is 2. The fourth-order valence-corrected chi connectivity index (χ4v) is 5.80. The lowest BCUT2D eigenvalue weighted by atomic mass is 9.75. The molecular formula is C26H27F3N2O3.